The van der Waals surface area contributed by atoms with E-state index < -0.39 is 8.32 Å². The molecule has 0 saturated carbocycles. The molecule has 0 saturated heterocycles. The van der Waals surface area contributed by atoms with Crippen LogP contribution in [0.1, 0.15) is 27.2 Å². The minimum Gasteiger partial charge on any atom is -0.424 e. The summed E-state index contributed by atoms with van der Waals surface area (Å²) in [7, 11) is -2.83. The number of alkyl halides is 1. The van der Waals surface area contributed by atoms with E-state index in [1.54, 1.807) is 0 Å². The lowest BCUT2D eigenvalue weighted by atomic mass is 10.00. The van der Waals surface area contributed by atoms with Gasteiger partial charge in [-0.25, -0.2) is 0 Å². The average Bonchev–Trinajstić information content (AvgIpc) is 2.55. The Morgan fingerprint density at radius 3 is 1.73 bits per heavy atom. The molecule has 0 radical (unpaired) electrons. The second kappa shape index (κ2) is 7.11. The topological polar surface area (TPSA) is 20.2 Å². The highest BCUT2D eigenvalue weighted by Gasteiger charge is 2.50. The van der Waals surface area contributed by atoms with Crippen LogP contribution in [-0.2, 0) is 0 Å². The summed E-state index contributed by atoms with van der Waals surface area (Å²) in [5, 5.41) is 2.99. The largest absolute Gasteiger partial charge is 0.424 e. The Balaban J connectivity index is 2.56. The van der Waals surface area contributed by atoms with Crippen LogP contribution in [0.4, 0.5) is 0 Å². The van der Waals surface area contributed by atoms with E-state index in [9.17, 15) is 4.80 Å². The molecule has 0 bridgehead atoms. The normalized spacial score (nSPS) is 13.9. The maximum atomic E-state index is 11.9. The van der Waals surface area contributed by atoms with E-state index in [-0.39, 0.29) is 5.04 Å². The zero-order chi connectivity index (χ0) is 16.2. The molecule has 0 heterocycles. The minimum absolute atomic E-state index is 0.150. The van der Waals surface area contributed by atoms with Crippen molar-refractivity contribution in [1.82, 2.24) is 0 Å². The first-order valence-corrected chi connectivity index (χ1v) is 10.9. The van der Waals surface area contributed by atoms with Crippen LogP contribution >= 0.6 is 15.9 Å². The molecule has 1 unspecified atom stereocenters. The lowest BCUT2D eigenvalue weighted by molar-refractivity contribution is 0.420. The van der Waals surface area contributed by atoms with E-state index in [2.05, 4.69) is 61.0 Å². The van der Waals surface area contributed by atoms with Gasteiger partial charge in [0.25, 0.3) is 8.32 Å². The van der Waals surface area contributed by atoms with Crippen molar-refractivity contribution in [3.05, 3.63) is 60.7 Å². The maximum Gasteiger partial charge on any atom is 0.258 e. The Morgan fingerprint density at radius 2 is 1.36 bits per heavy atom. The SMILES string of the molecule is CC(CBr)CC(C)(C)[Si](O)(c1ccccc1)c1ccccc1. The van der Waals surface area contributed by atoms with Crippen molar-refractivity contribution in [2.45, 2.75) is 32.2 Å². The van der Waals surface area contributed by atoms with Crippen LogP contribution in [0.5, 0.6) is 0 Å². The van der Waals surface area contributed by atoms with Crippen LogP contribution in [-0.4, -0.2) is 18.4 Å². The van der Waals surface area contributed by atoms with E-state index in [0.717, 1.165) is 22.1 Å². The molecule has 0 spiro atoms. The predicted octanol–water partition coefficient (Wildman–Crippen LogP) is 3.94. The summed E-state index contributed by atoms with van der Waals surface area (Å²) in [6.45, 7) is 6.68. The molecule has 2 aromatic rings. The first-order chi connectivity index (χ1) is 10.4. The predicted molar refractivity (Wildman–Crippen MR) is 102 cm³/mol. The summed E-state index contributed by atoms with van der Waals surface area (Å²) in [6, 6.07) is 20.5. The van der Waals surface area contributed by atoms with Crippen molar-refractivity contribution in [1.29, 1.82) is 0 Å². The van der Waals surface area contributed by atoms with Gasteiger partial charge in [-0.05, 0) is 27.8 Å². The molecule has 0 aliphatic carbocycles. The Bertz CT molecular complexity index is 543. The molecular formula is C19H25BrOSi. The molecule has 1 nitrogen and oxygen atoms in total. The minimum atomic E-state index is -2.83. The second-order valence-electron chi connectivity index (χ2n) is 6.79. The van der Waals surface area contributed by atoms with Crippen molar-refractivity contribution in [3.63, 3.8) is 0 Å². The molecule has 0 amide bonds. The fourth-order valence-corrected chi connectivity index (χ4v) is 7.50. The molecule has 0 aliphatic rings. The number of rotatable bonds is 6. The lowest BCUT2D eigenvalue weighted by Crippen LogP contribution is -2.65. The number of halogens is 1. The fraction of sp³-hybridized carbons (Fsp3) is 0.368. The molecule has 0 aromatic heterocycles. The van der Waals surface area contributed by atoms with Crippen LogP contribution < -0.4 is 10.4 Å². The van der Waals surface area contributed by atoms with Gasteiger partial charge in [-0.15, -0.1) is 0 Å². The van der Waals surface area contributed by atoms with Crippen LogP contribution in [0, 0.1) is 5.92 Å². The standard InChI is InChI=1S/C19H25BrOSi/c1-16(15-20)14-19(2,3)22(21,17-10-6-4-7-11-17)18-12-8-5-9-13-18/h4-13,16,21H,14-15H2,1-3H3. The quantitative estimate of drug-likeness (QED) is 0.597. The van der Waals surface area contributed by atoms with Gasteiger partial charge in [-0.3, -0.25) is 0 Å². The van der Waals surface area contributed by atoms with Crippen LogP contribution in [0.15, 0.2) is 60.7 Å². The van der Waals surface area contributed by atoms with Crippen molar-refractivity contribution in [2.24, 2.45) is 5.92 Å². The first-order valence-electron chi connectivity index (χ1n) is 7.81. The van der Waals surface area contributed by atoms with Gasteiger partial charge in [0.15, 0.2) is 0 Å². The van der Waals surface area contributed by atoms with Gasteiger partial charge in [-0.1, -0.05) is 97.4 Å². The van der Waals surface area contributed by atoms with E-state index in [1.165, 1.54) is 0 Å². The van der Waals surface area contributed by atoms with E-state index in [1.807, 2.05) is 36.4 Å². The third-order valence-electron chi connectivity index (χ3n) is 4.48. The van der Waals surface area contributed by atoms with E-state index >= 15 is 0 Å². The Morgan fingerprint density at radius 1 is 0.955 bits per heavy atom. The zero-order valence-corrected chi connectivity index (χ0v) is 16.2. The van der Waals surface area contributed by atoms with Gasteiger partial charge >= 0.3 is 0 Å². The fourth-order valence-electron chi connectivity index (χ4n) is 3.38. The highest BCUT2D eigenvalue weighted by atomic mass is 79.9. The lowest BCUT2D eigenvalue weighted by Gasteiger charge is -2.42. The summed E-state index contributed by atoms with van der Waals surface area (Å²) in [4.78, 5) is 11.9. The third kappa shape index (κ3) is 3.37. The van der Waals surface area contributed by atoms with Crippen molar-refractivity contribution in [3.8, 4) is 0 Å². The molecule has 0 aliphatic heterocycles. The second-order valence-corrected chi connectivity index (χ2v) is 11.4. The Hall–Kier alpha value is -0.903. The number of benzene rings is 2. The third-order valence-corrected chi connectivity index (χ3v) is 10.1. The average molecular weight is 377 g/mol. The molecule has 2 rings (SSSR count). The Kier molecular flexibility index (Phi) is 5.64. The van der Waals surface area contributed by atoms with Gasteiger partial charge in [0.2, 0.25) is 0 Å². The van der Waals surface area contributed by atoms with Gasteiger partial charge in [0.05, 0.1) is 0 Å². The number of hydrogen-bond acceptors (Lipinski definition) is 1. The smallest absolute Gasteiger partial charge is 0.258 e. The van der Waals surface area contributed by atoms with E-state index in [0.29, 0.717) is 5.92 Å². The van der Waals surface area contributed by atoms with Crippen LogP contribution in [0.3, 0.4) is 0 Å². The summed E-state index contributed by atoms with van der Waals surface area (Å²) in [5.41, 5.74) is 0. The van der Waals surface area contributed by atoms with Crippen molar-refractivity contribution in [2.75, 3.05) is 5.33 Å². The highest BCUT2D eigenvalue weighted by Crippen LogP contribution is 2.41. The first kappa shape index (κ1) is 17.5. The molecule has 1 N–H and O–H groups in total. The van der Waals surface area contributed by atoms with E-state index in [4.69, 9.17) is 0 Å². The van der Waals surface area contributed by atoms with Gasteiger partial charge in [-0.2, -0.15) is 0 Å². The molecule has 3 heteroatoms. The summed E-state index contributed by atoms with van der Waals surface area (Å²) >= 11 is 3.58. The summed E-state index contributed by atoms with van der Waals surface area (Å²) in [6.07, 6.45) is 0.991. The van der Waals surface area contributed by atoms with Crippen molar-refractivity contribution >= 4 is 34.6 Å². The molecular weight excluding hydrogens is 352 g/mol. The Labute approximate surface area is 143 Å². The van der Waals surface area contributed by atoms with Crippen molar-refractivity contribution < 1.29 is 4.80 Å². The maximum absolute atomic E-state index is 11.9. The molecule has 22 heavy (non-hydrogen) atoms. The summed E-state index contributed by atoms with van der Waals surface area (Å²) in [5.74, 6) is 0.529. The monoisotopic (exact) mass is 376 g/mol. The summed E-state index contributed by atoms with van der Waals surface area (Å²) < 4.78 is 0. The molecule has 118 valence electrons. The van der Waals surface area contributed by atoms with Crippen LogP contribution in [0.25, 0.3) is 0 Å². The number of hydrogen-bond donors (Lipinski definition) is 1. The molecule has 0 fully saturated rings. The zero-order valence-electron chi connectivity index (χ0n) is 13.6. The molecule has 2 aromatic carbocycles. The van der Waals surface area contributed by atoms with Crippen LogP contribution in [0.2, 0.25) is 5.04 Å². The highest BCUT2D eigenvalue weighted by molar-refractivity contribution is 9.09. The van der Waals surface area contributed by atoms with Gasteiger partial charge in [0.1, 0.15) is 0 Å². The van der Waals surface area contributed by atoms with Gasteiger partial charge in [0, 0.05) is 5.33 Å². The van der Waals surface area contributed by atoms with Gasteiger partial charge < -0.3 is 4.80 Å². The molecule has 1 atom stereocenters.